The van der Waals surface area contributed by atoms with Crippen molar-refractivity contribution < 1.29 is 5.11 Å². The van der Waals surface area contributed by atoms with Crippen LogP contribution in [-0.4, -0.2) is 11.7 Å². The van der Waals surface area contributed by atoms with Crippen molar-refractivity contribution >= 4 is 0 Å². The smallest absolute Gasteiger partial charge is 0.0644 e. The van der Waals surface area contributed by atoms with Gasteiger partial charge in [0.2, 0.25) is 0 Å². The van der Waals surface area contributed by atoms with Gasteiger partial charge in [-0.2, -0.15) is 0 Å². The molecule has 64 valence electrons. The molecule has 0 aromatic heterocycles. The van der Waals surface area contributed by atoms with Gasteiger partial charge in [-0.1, -0.05) is 26.3 Å². The molecule has 11 heavy (non-hydrogen) atoms. The molecule has 2 atom stereocenters. The maximum absolute atomic E-state index is 9.05. The molecule has 1 aliphatic rings. The fourth-order valence-corrected chi connectivity index (χ4v) is 2.10. The highest BCUT2D eigenvalue weighted by atomic mass is 16.3. The topological polar surface area (TPSA) is 20.2 Å². The third kappa shape index (κ3) is 1.48. The molecule has 0 amide bonds. The van der Waals surface area contributed by atoms with Gasteiger partial charge >= 0.3 is 0 Å². The summed E-state index contributed by atoms with van der Waals surface area (Å²) in [4.78, 5) is 0. The van der Waals surface area contributed by atoms with Crippen LogP contribution in [0.4, 0.5) is 0 Å². The molecule has 1 nitrogen and oxygen atoms in total. The SMILES string of the molecule is CCC1=C(CO)CC(C)C1C. The average molecular weight is 154 g/mol. The molecule has 0 aliphatic heterocycles. The molecule has 0 aromatic rings. The largest absolute Gasteiger partial charge is 0.392 e. The van der Waals surface area contributed by atoms with E-state index in [1.165, 1.54) is 11.1 Å². The van der Waals surface area contributed by atoms with Crippen molar-refractivity contribution in [3.8, 4) is 0 Å². The summed E-state index contributed by atoms with van der Waals surface area (Å²) in [5.74, 6) is 1.44. The first-order valence-corrected chi connectivity index (χ1v) is 4.52. The van der Waals surface area contributed by atoms with E-state index in [1.807, 2.05) is 0 Å². The molecule has 0 spiro atoms. The van der Waals surface area contributed by atoms with Gasteiger partial charge in [0.25, 0.3) is 0 Å². The van der Waals surface area contributed by atoms with Crippen molar-refractivity contribution in [2.75, 3.05) is 6.61 Å². The second-order valence-electron chi connectivity index (χ2n) is 3.61. The number of aliphatic hydroxyl groups is 1. The second-order valence-corrected chi connectivity index (χ2v) is 3.61. The quantitative estimate of drug-likeness (QED) is 0.605. The van der Waals surface area contributed by atoms with Gasteiger partial charge in [-0.15, -0.1) is 0 Å². The van der Waals surface area contributed by atoms with Gasteiger partial charge in [0.1, 0.15) is 0 Å². The number of aliphatic hydroxyl groups excluding tert-OH is 1. The standard InChI is InChI=1S/C10H18O/c1-4-10-8(3)7(2)5-9(10)6-11/h7-8,11H,4-6H2,1-3H3. The molecule has 0 aromatic carbocycles. The summed E-state index contributed by atoms with van der Waals surface area (Å²) < 4.78 is 0. The second kappa shape index (κ2) is 3.40. The van der Waals surface area contributed by atoms with E-state index in [2.05, 4.69) is 20.8 Å². The van der Waals surface area contributed by atoms with Crippen molar-refractivity contribution in [1.29, 1.82) is 0 Å². The molecule has 0 fully saturated rings. The summed E-state index contributed by atoms with van der Waals surface area (Å²) in [6.07, 6.45) is 2.22. The summed E-state index contributed by atoms with van der Waals surface area (Å²) in [5, 5.41) is 9.05. The van der Waals surface area contributed by atoms with Gasteiger partial charge in [-0.25, -0.2) is 0 Å². The van der Waals surface area contributed by atoms with E-state index in [1.54, 1.807) is 0 Å². The number of hydrogen-bond acceptors (Lipinski definition) is 1. The van der Waals surface area contributed by atoms with Gasteiger partial charge in [-0.05, 0) is 30.3 Å². The fraction of sp³-hybridized carbons (Fsp3) is 0.800. The van der Waals surface area contributed by atoms with Crippen LogP contribution < -0.4 is 0 Å². The van der Waals surface area contributed by atoms with Crippen LogP contribution >= 0.6 is 0 Å². The molecule has 1 aliphatic carbocycles. The van der Waals surface area contributed by atoms with Crippen LogP contribution in [0.25, 0.3) is 0 Å². The van der Waals surface area contributed by atoms with Crippen molar-refractivity contribution in [2.45, 2.75) is 33.6 Å². The molecule has 0 saturated heterocycles. The molecule has 1 N–H and O–H groups in total. The summed E-state index contributed by atoms with van der Waals surface area (Å²) in [6.45, 7) is 6.99. The minimum Gasteiger partial charge on any atom is -0.392 e. The summed E-state index contributed by atoms with van der Waals surface area (Å²) in [6, 6.07) is 0. The Balaban J connectivity index is 2.77. The summed E-state index contributed by atoms with van der Waals surface area (Å²) in [5.41, 5.74) is 2.80. The zero-order valence-electron chi connectivity index (χ0n) is 7.72. The summed E-state index contributed by atoms with van der Waals surface area (Å²) in [7, 11) is 0. The number of allylic oxidation sites excluding steroid dienone is 1. The normalized spacial score (nSPS) is 31.6. The fourth-order valence-electron chi connectivity index (χ4n) is 2.10. The lowest BCUT2D eigenvalue weighted by Gasteiger charge is -2.11. The Labute approximate surface area is 69.1 Å². The zero-order valence-corrected chi connectivity index (χ0v) is 7.72. The van der Waals surface area contributed by atoms with Crippen LogP contribution in [0.1, 0.15) is 33.6 Å². The van der Waals surface area contributed by atoms with E-state index >= 15 is 0 Å². The Morgan fingerprint density at radius 3 is 2.45 bits per heavy atom. The first kappa shape index (κ1) is 8.79. The predicted octanol–water partition coefficient (Wildman–Crippen LogP) is 2.36. The van der Waals surface area contributed by atoms with Crippen molar-refractivity contribution in [1.82, 2.24) is 0 Å². The van der Waals surface area contributed by atoms with E-state index < -0.39 is 0 Å². The Bertz CT molecular complexity index is 170. The molecule has 0 radical (unpaired) electrons. The lowest BCUT2D eigenvalue weighted by atomic mass is 9.94. The number of rotatable bonds is 2. The van der Waals surface area contributed by atoms with Crippen LogP contribution in [0, 0.1) is 11.8 Å². The van der Waals surface area contributed by atoms with E-state index in [-0.39, 0.29) is 6.61 Å². The highest BCUT2D eigenvalue weighted by molar-refractivity contribution is 5.23. The third-order valence-electron chi connectivity index (χ3n) is 3.00. The van der Waals surface area contributed by atoms with E-state index in [4.69, 9.17) is 5.11 Å². The minimum atomic E-state index is 0.276. The molecule has 1 heteroatoms. The lowest BCUT2D eigenvalue weighted by molar-refractivity contribution is 0.324. The van der Waals surface area contributed by atoms with Gasteiger partial charge in [0.15, 0.2) is 0 Å². The first-order chi connectivity index (χ1) is 5.20. The zero-order chi connectivity index (χ0) is 8.43. The highest BCUT2D eigenvalue weighted by Crippen LogP contribution is 2.37. The molecule has 0 heterocycles. The van der Waals surface area contributed by atoms with Crippen LogP contribution in [0.2, 0.25) is 0 Å². The number of hydrogen-bond donors (Lipinski definition) is 1. The van der Waals surface area contributed by atoms with Gasteiger partial charge < -0.3 is 5.11 Å². The molecular weight excluding hydrogens is 136 g/mol. The van der Waals surface area contributed by atoms with Crippen LogP contribution in [0.3, 0.4) is 0 Å². The molecule has 0 saturated carbocycles. The predicted molar refractivity (Wildman–Crippen MR) is 47.3 cm³/mol. The molecular formula is C10H18O. The van der Waals surface area contributed by atoms with Gasteiger partial charge in [-0.3, -0.25) is 0 Å². The summed E-state index contributed by atoms with van der Waals surface area (Å²) >= 11 is 0. The van der Waals surface area contributed by atoms with Gasteiger partial charge in [0.05, 0.1) is 6.61 Å². The maximum Gasteiger partial charge on any atom is 0.0644 e. The molecule has 1 rings (SSSR count). The molecule has 0 bridgehead atoms. The van der Waals surface area contributed by atoms with Gasteiger partial charge in [0, 0.05) is 0 Å². The lowest BCUT2D eigenvalue weighted by Crippen LogP contribution is -2.01. The van der Waals surface area contributed by atoms with E-state index in [9.17, 15) is 0 Å². The van der Waals surface area contributed by atoms with Crippen molar-refractivity contribution in [3.63, 3.8) is 0 Å². The Morgan fingerprint density at radius 2 is 2.09 bits per heavy atom. The Kier molecular flexibility index (Phi) is 2.72. The molecule has 2 unspecified atom stereocenters. The van der Waals surface area contributed by atoms with Crippen molar-refractivity contribution in [2.24, 2.45) is 11.8 Å². The van der Waals surface area contributed by atoms with Crippen molar-refractivity contribution in [3.05, 3.63) is 11.1 Å². The third-order valence-corrected chi connectivity index (χ3v) is 3.00. The average Bonchev–Trinajstić information content (AvgIpc) is 2.28. The minimum absolute atomic E-state index is 0.276. The maximum atomic E-state index is 9.05. The highest BCUT2D eigenvalue weighted by Gasteiger charge is 2.26. The Hall–Kier alpha value is -0.300. The Morgan fingerprint density at radius 1 is 1.45 bits per heavy atom. The van der Waals surface area contributed by atoms with E-state index in [0.29, 0.717) is 5.92 Å². The van der Waals surface area contributed by atoms with Crippen LogP contribution in [0.15, 0.2) is 11.1 Å². The first-order valence-electron chi connectivity index (χ1n) is 4.52. The monoisotopic (exact) mass is 154 g/mol. The van der Waals surface area contributed by atoms with Crippen LogP contribution in [-0.2, 0) is 0 Å². The van der Waals surface area contributed by atoms with Crippen LogP contribution in [0.5, 0.6) is 0 Å². The van der Waals surface area contributed by atoms with E-state index in [0.717, 1.165) is 18.8 Å².